The molecule has 3 heterocycles. The average Bonchev–Trinajstić information content (AvgIpc) is 2.94. The van der Waals surface area contributed by atoms with Crippen molar-refractivity contribution in [2.75, 3.05) is 5.73 Å². The van der Waals surface area contributed by atoms with Crippen LogP contribution >= 0.6 is 15.9 Å². The molecule has 0 bridgehead atoms. The lowest BCUT2D eigenvalue weighted by molar-refractivity contribution is 0.767. The maximum atomic E-state index is 6.16. The van der Waals surface area contributed by atoms with E-state index in [-0.39, 0.29) is 0 Å². The van der Waals surface area contributed by atoms with Crippen LogP contribution in [-0.4, -0.2) is 18.9 Å². The van der Waals surface area contributed by atoms with Crippen LogP contribution in [0.2, 0.25) is 0 Å². The highest BCUT2D eigenvalue weighted by molar-refractivity contribution is 9.10. The molecule has 0 fully saturated rings. The highest BCUT2D eigenvalue weighted by Gasteiger charge is 2.14. The molecular weight excluding hydrogens is 294 g/mol. The third-order valence-corrected chi connectivity index (χ3v) is 3.38. The van der Waals surface area contributed by atoms with Gasteiger partial charge in [0, 0.05) is 17.2 Å². The number of hydrogen-bond donors (Lipinski definition) is 1. The maximum absolute atomic E-state index is 6.16. The predicted octanol–water partition coefficient (Wildman–Crippen LogP) is 2.56. The molecule has 0 aliphatic heterocycles. The zero-order valence-electron chi connectivity index (χ0n) is 9.84. The van der Waals surface area contributed by atoms with Crippen LogP contribution in [0.15, 0.2) is 35.3 Å². The summed E-state index contributed by atoms with van der Waals surface area (Å²) in [5.74, 6) is 0.626. The summed E-state index contributed by atoms with van der Waals surface area (Å²) in [5, 5.41) is 0. The monoisotopic (exact) mass is 305 g/mol. The van der Waals surface area contributed by atoms with Crippen LogP contribution in [0.25, 0.3) is 17.0 Å². The lowest BCUT2D eigenvalue weighted by Crippen LogP contribution is -1.98. The Morgan fingerprint density at radius 3 is 3.00 bits per heavy atom. The summed E-state index contributed by atoms with van der Waals surface area (Å²) >= 11 is 3.43. The molecule has 0 saturated heterocycles. The fourth-order valence-corrected chi connectivity index (χ4v) is 2.33. The van der Waals surface area contributed by atoms with Crippen molar-refractivity contribution in [2.24, 2.45) is 0 Å². The standard InChI is InChI=1S/C12H12BrN5/c1-2-17-7-15-5-9(17)11-12(14)18-6-8(13)3-4-10(18)16-11/h3-7H,2,14H2,1H3. The summed E-state index contributed by atoms with van der Waals surface area (Å²) in [6, 6.07) is 3.87. The molecule has 6 heteroatoms. The summed E-state index contributed by atoms with van der Waals surface area (Å²) in [6.45, 7) is 2.90. The quantitative estimate of drug-likeness (QED) is 0.791. The van der Waals surface area contributed by atoms with Crippen molar-refractivity contribution in [2.45, 2.75) is 13.5 Å². The summed E-state index contributed by atoms with van der Waals surface area (Å²) in [7, 11) is 0. The minimum atomic E-state index is 0.626. The first-order chi connectivity index (χ1) is 8.70. The molecule has 0 atom stereocenters. The molecule has 3 rings (SSSR count). The summed E-state index contributed by atoms with van der Waals surface area (Å²) < 4.78 is 4.86. The van der Waals surface area contributed by atoms with E-state index in [1.165, 1.54) is 0 Å². The zero-order valence-corrected chi connectivity index (χ0v) is 11.4. The van der Waals surface area contributed by atoms with Crippen LogP contribution in [0.4, 0.5) is 5.82 Å². The molecule has 92 valence electrons. The van der Waals surface area contributed by atoms with E-state index in [2.05, 4.69) is 32.8 Å². The third-order valence-electron chi connectivity index (χ3n) is 2.91. The number of nitrogens with two attached hydrogens (primary N) is 1. The van der Waals surface area contributed by atoms with Crippen molar-refractivity contribution >= 4 is 27.4 Å². The predicted molar refractivity (Wildman–Crippen MR) is 74.2 cm³/mol. The van der Waals surface area contributed by atoms with Crippen LogP contribution in [-0.2, 0) is 6.54 Å². The minimum Gasteiger partial charge on any atom is -0.383 e. The van der Waals surface area contributed by atoms with Crippen molar-refractivity contribution in [1.29, 1.82) is 0 Å². The van der Waals surface area contributed by atoms with Gasteiger partial charge in [-0.2, -0.15) is 0 Å². The highest BCUT2D eigenvalue weighted by Crippen LogP contribution is 2.27. The van der Waals surface area contributed by atoms with Gasteiger partial charge in [-0.25, -0.2) is 9.97 Å². The molecule has 18 heavy (non-hydrogen) atoms. The van der Waals surface area contributed by atoms with E-state index < -0.39 is 0 Å². The number of imidazole rings is 2. The molecule has 0 unspecified atom stereocenters. The average molecular weight is 306 g/mol. The van der Waals surface area contributed by atoms with Crippen molar-refractivity contribution in [3.63, 3.8) is 0 Å². The Kier molecular flexibility index (Phi) is 2.59. The number of fused-ring (bicyclic) bond motifs is 1. The van der Waals surface area contributed by atoms with E-state index >= 15 is 0 Å². The van der Waals surface area contributed by atoms with Gasteiger partial charge < -0.3 is 10.3 Å². The summed E-state index contributed by atoms with van der Waals surface area (Å²) in [4.78, 5) is 8.71. The second-order valence-corrected chi connectivity index (χ2v) is 4.90. The lowest BCUT2D eigenvalue weighted by Gasteiger charge is -2.02. The maximum Gasteiger partial charge on any atom is 0.139 e. The normalized spacial score (nSPS) is 11.2. The van der Waals surface area contributed by atoms with E-state index in [1.54, 1.807) is 12.5 Å². The Labute approximate surface area is 112 Å². The molecule has 0 spiro atoms. The van der Waals surface area contributed by atoms with Gasteiger partial charge in [-0.15, -0.1) is 0 Å². The first-order valence-electron chi connectivity index (χ1n) is 5.64. The van der Waals surface area contributed by atoms with Gasteiger partial charge in [0.25, 0.3) is 0 Å². The Morgan fingerprint density at radius 1 is 1.39 bits per heavy atom. The number of nitrogens with zero attached hydrogens (tertiary/aromatic N) is 4. The largest absolute Gasteiger partial charge is 0.383 e. The summed E-state index contributed by atoms with van der Waals surface area (Å²) in [6.07, 6.45) is 5.49. The van der Waals surface area contributed by atoms with Gasteiger partial charge in [0.05, 0.1) is 18.2 Å². The molecule has 0 saturated carbocycles. The van der Waals surface area contributed by atoms with Crippen LogP contribution in [0.3, 0.4) is 0 Å². The second-order valence-electron chi connectivity index (χ2n) is 3.99. The van der Waals surface area contributed by atoms with Crippen LogP contribution < -0.4 is 5.73 Å². The molecular formula is C12H12BrN5. The Balaban J connectivity index is 2.27. The van der Waals surface area contributed by atoms with Gasteiger partial charge in [-0.05, 0) is 35.0 Å². The fourth-order valence-electron chi connectivity index (χ4n) is 2.00. The van der Waals surface area contributed by atoms with Crippen LogP contribution in [0, 0.1) is 0 Å². The third kappa shape index (κ3) is 1.60. The first kappa shape index (κ1) is 11.3. The van der Waals surface area contributed by atoms with Crippen molar-refractivity contribution < 1.29 is 0 Å². The lowest BCUT2D eigenvalue weighted by atomic mass is 10.3. The number of rotatable bonds is 2. The van der Waals surface area contributed by atoms with Gasteiger partial charge in [0.15, 0.2) is 0 Å². The molecule has 2 N–H and O–H groups in total. The highest BCUT2D eigenvalue weighted by atomic mass is 79.9. The molecule has 3 aromatic heterocycles. The Bertz CT molecular complexity index is 712. The molecule has 0 aliphatic carbocycles. The first-order valence-corrected chi connectivity index (χ1v) is 6.43. The van der Waals surface area contributed by atoms with Gasteiger partial charge in [-0.3, -0.25) is 4.40 Å². The molecule has 5 nitrogen and oxygen atoms in total. The van der Waals surface area contributed by atoms with Gasteiger partial charge in [0.2, 0.25) is 0 Å². The molecule has 0 radical (unpaired) electrons. The molecule has 3 aromatic rings. The van der Waals surface area contributed by atoms with Gasteiger partial charge >= 0.3 is 0 Å². The Morgan fingerprint density at radius 2 is 2.22 bits per heavy atom. The minimum absolute atomic E-state index is 0.626. The SMILES string of the molecule is CCn1cncc1-c1nc2ccc(Br)cn2c1N. The molecule has 0 aromatic carbocycles. The number of nitrogen functional groups attached to an aromatic ring is 1. The molecule has 0 aliphatic rings. The van der Waals surface area contributed by atoms with Crippen molar-refractivity contribution in [3.8, 4) is 11.4 Å². The van der Waals surface area contributed by atoms with Gasteiger partial charge in [-0.1, -0.05) is 0 Å². The van der Waals surface area contributed by atoms with E-state index in [9.17, 15) is 0 Å². The van der Waals surface area contributed by atoms with Crippen LogP contribution in [0.1, 0.15) is 6.92 Å². The van der Waals surface area contributed by atoms with E-state index in [0.29, 0.717) is 5.82 Å². The van der Waals surface area contributed by atoms with E-state index in [1.807, 2.05) is 27.3 Å². The number of hydrogen-bond acceptors (Lipinski definition) is 3. The summed E-state index contributed by atoms with van der Waals surface area (Å²) in [5.41, 5.74) is 8.70. The number of aryl methyl sites for hydroxylation is 1. The number of pyridine rings is 1. The van der Waals surface area contributed by atoms with E-state index in [4.69, 9.17) is 5.73 Å². The topological polar surface area (TPSA) is 61.1 Å². The fraction of sp³-hybridized carbons (Fsp3) is 0.167. The number of aromatic nitrogens is 4. The van der Waals surface area contributed by atoms with Crippen molar-refractivity contribution in [1.82, 2.24) is 18.9 Å². The Hall–Kier alpha value is -1.82. The smallest absolute Gasteiger partial charge is 0.139 e. The van der Waals surface area contributed by atoms with Crippen molar-refractivity contribution in [3.05, 3.63) is 35.3 Å². The zero-order chi connectivity index (χ0) is 12.7. The second kappa shape index (κ2) is 4.13. The van der Waals surface area contributed by atoms with Crippen LogP contribution in [0.5, 0.6) is 0 Å². The number of anilines is 1. The number of halogens is 1. The van der Waals surface area contributed by atoms with E-state index in [0.717, 1.165) is 28.1 Å². The molecule has 0 amide bonds. The van der Waals surface area contributed by atoms with Gasteiger partial charge in [0.1, 0.15) is 17.2 Å².